The molecule has 2 heterocycles. The van der Waals surface area contributed by atoms with Gasteiger partial charge in [-0.3, -0.25) is 4.72 Å². The van der Waals surface area contributed by atoms with E-state index in [4.69, 9.17) is 5.11 Å². The quantitative estimate of drug-likeness (QED) is 0.889. The highest BCUT2D eigenvalue weighted by Crippen LogP contribution is 2.19. The Morgan fingerprint density at radius 1 is 1.33 bits per heavy atom. The minimum atomic E-state index is -3.62. The number of carboxylic acids is 1. The van der Waals surface area contributed by atoms with Crippen molar-refractivity contribution in [2.45, 2.75) is 4.21 Å². The molecule has 0 aliphatic rings. The van der Waals surface area contributed by atoms with Gasteiger partial charge in [0.25, 0.3) is 10.0 Å². The second-order valence-electron chi connectivity index (χ2n) is 3.27. The first-order valence-electron chi connectivity index (χ1n) is 4.75. The Labute approximate surface area is 107 Å². The van der Waals surface area contributed by atoms with Crippen LogP contribution in [0.5, 0.6) is 0 Å². The molecule has 0 saturated carbocycles. The zero-order valence-electron chi connectivity index (χ0n) is 8.90. The first-order chi connectivity index (χ1) is 8.49. The van der Waals surface area contributed by atoms with Crippen LogP contribution >= 0.6 is 11.3 Å². The summed E-state index contributed by atoms with van der Waals surface area (Å²) in [6.07, 6.45) is 1.16. The van der Waals surface area contributed by atoms with Crippen LogP contribution in [0.3, 0.4) is 0 Å². The van der Waals surface area contributed by atoms with E-state index in [1.54, 1.807) is 11.4 Å². The molecule has 0 radical (unpaired) electrons. The van der Waals surface area contributed by atoms with E-state index in [1.807, 2.05) is 0 Å². The van der Waals surface area contributed by atoms with Crippen molar-refractivity contribution in [1.82, 2.24) is 4.98 Å². The van der Waals surface area contributed by atoms with Gasteiger partial charge >= 0.3 is 5.97 Å². The van der Waals surface area contributed by atoms with Crippen molar-refractivity contribution in [2.75, 3.05) is 4.72 Å². The molecule has 0 fully saturated rings. The molecule has 0 bridgehead atoms. The molecule has 0 aliphatic carbocycles. The van der Waals surface area contributed by atoms with Gasteiger partial charge < -0.3 is 5.11 Å². The van der Waals surface area contributed by atoms with E-state index >= 15 is 0 Å². The number of carboxylic acid groups (broad SMARTS) is 1. The van der Waals surface area contributed by atoms with E-state index in [0.717, 1.165) is 17.5 Å². The summed E-state index contributed by atoms with van der Waals surface area (Å²) in [5.74, 6) is -1.16. The van der Waals surface area contributed by atoms with Gasteiger partial charge in [-0.15, -0.1) is 11.3 Å². The van der Waals surface area contributed by atoms with Crippen LogP contribution in [0, 0.1) is 0 Å². The van der Waals surface area contributed by atoms with E-state index in [1.165, 1.54) is 18.2 Å². The van der Waals surface area contributed by atoms with E-state index in [2.05, 4.69) is 9.71 Å². The Morgan fingerprint density at radius 2 is 2.11 bits per heavy atom. The Morgan fingerprint density at radius 3 is 2.61 bits per heavy atom. The highest BCUT2D eigenvalue weighted by atomic mass is 32.2. The molecule has 2 N–H and O–H groups in total. The lowest BCUT2D eigenvalue weighted by atomic mass is 10.3. The van der Waals surface area contributed by atoms with Crippen molar-refractivity contribution >= 4 is 33.0 Å². The monoisotopic (exact) mass is 284 g/mol. The number of anilines is 1. The van der Waals surface area contributed by atoms with Gasteiger partial charge in [0.15, 0.2) is 0 Å². The Kier molecular flexibility index (Phi) is 3.30. The topological polar surface area (TPSA) is 96.4 Å². The number of carbonyl (C=O) groups is 1. The van der Waals surface area contributed by atoms with Gasteiger partial charge in [-0.1, -0.05) is 6.07 Å². The molecule has 2 rings (SSSR count). The molecule has 0 atom stereocenters. The van der Waals surface area contributed by atoms with Crippen LogP contribution in [0.2, 0.25) is 0 Å². The number of sulfonamides is 1. The molecule has 6 nitrogen and oxygen atoms in total. The molecular formula is C10H8N2O4S2. The summed E-state index contributed by atoms with van der Waals surface area (Å²) in [7, 11) is -3.62. The largest absolute Gasteiger partial charge is 0.477 e. The molecule has 18 heavy (non-hydrogen) atoms. The first kappa shape index (κ1) is 12.5. The second-order valence-corrected chi connectivity index (χ2v) is 6.13. The second kappa shape index (κ2) is 4.75. The molecule has 0 saturated heterocycles. The molecule has 2 aromatic rings. The highest BCUT2D eigenvalue weighted by molar-refractivity contribution is 7.94. The van der Waals surface area contributed by atoms with Crippen molar-refractivity contribution in [3.8, 4) is 0 Å². The number of thiophene rings is 1. The minimum absolute atomic E-state index is 0.144. The first-order valence-corrected chi connectivity index (χ1v) is 7.11. The van der Waals surface area contributed by atoms with Crippen LogP contribution in [-0.4, -0.2) is 24.5 Å². The molecule has 0 amide bonds. The molecule has 0 unspecified atom stereocenters. The molecule has 94 valence electrons. The van der Waals surface area contributed by atoms with Crippen LogP contribution in [0.25, 0.3) is 0 Å². The van der Waals surface area contributed by atoms with Gasteiger partial charge in [-0.25, -0.2) is 18.2 Å². The Hall–Kier alpha value is -1.93. The molecule has 2 aromatic heterocycles. The van der Waals surface area contributed by atoms with Gasteiger partial charge in [0, 0.05) is 0 Å². The lowest BCUT2D eigenvalue weighted by molar-refractivity contribution is 0.0690. The molecule has 0 aliphatic heterocycles. The number of rotatable bonds is 4. The van der Waals surface area contributed by atoms with Crippen molar-refractivity contribution in [3.63, 3.8) is 0 Å². The summed E-state index contributed by atoms with van der Waals surface area (Å²) < 4.78 is 26.2. The average molecular weight is 284 g/mol. The van der Waals surface area contributed by atoms with E-state index in [0.29, 0.717) is 0 Å². The summed E-state index contributed by atoms with van der Waals surface area (Å²) in [6.45, 7) is 0. The predicted molar refractivity (Wildman–Crippen MR) is 66.3 cm³/mol. The maximum atomic E-state index is 11.8. The standard InChI is InChI=1S/C10H8N2O4S2/c13-10(14)8-4-3-7(6-11-8)12-18(15,16)9-2-1-5-17-9/h1-6,12H,(H,13,14). The zero-order valence-corrected chi connectivity index (χ0v) is 10.5. The van der Waals surface area contributed by atoms with Crippen LogP contribution in [-0.2, 0) is 10.0 Å². The average Bonchev–Trinajstić information content (AvgIpc) is 2.83. The van der Waals surface area contributed by atoms with Crippen molar-refractivity contribution in [2.24, 2.45) is 0 Å². The third-order valence-electron chi connectivity index (χ3n) is 1.99. The number of nitrogens with one attached hydrogen (secondary N) is 1. The maximum Gasteiger partial charge on any atom is 0.354 e. The fraction of sp³-hybridized carbons (Fsp3) is 0. The number of aromatic carboxylic acids is 1. The molecule has 0 spiro atoms. The van der Waals surface area contributed by atoms with Gasteiger partial charge in [0.1, 0.15) is 9.90 Å². The third kappa shape index (κ3) is 2.66. The predicted octanol–water partition coefficient (Wildman–Crippen LogP) is 1.64. The number of pyridine rings is 1. The number of hydrogen-bond donors (Lipinski definition) is 2. The van der Waals surface area contributed by atoms with Crippen LogP contribution in [0.1, 0.15) is 10.5 Å². The molecule has 8 heteroatoms. The van der Waals surface area contributed by atoms with E-state index in [-0.39, 0.29) is 15.6 Å². The third-order valence-corrected chi connectivity index (χ3v) is 4.77. The normalized spacial score (nSPS) is 11.1. The number of nitrogens with zero attached hydrogens (tertiary/aromatic N) is 1. The lowest BCUT2D eigenvalue weighted by Crippen LogP contribution is -2.12. The summed E-state index contributed by atoms with van der Waals surface area (Å²) in [4.78, 5) is 14.2. The number of aromatic nitrogens is 1. The van der Waals surface area contributed by atoms with Gasteiger partial charge in [-0.05, 0) is 23.6 Å². The van der Waals surface area contributed by atoms with Crippen LogP contribution in [0.15, 0.2) is 40.1 Å². The van der Waals surface area contributed by atoms with Crippen LogP contribution < -0.4 is 4.72 Å². The Balaban J connectivity index is 2.22. The maximum absolute atomic E-state index is 11.8. The molecular weight excluding hydrogens is 276 g/mol. The highest BCUT2D eigenvalue weighted by Gasteiger charge is 2.15. The summed E-state index contributed by atoms with van der Waals surface area (Å²) >= 11 is 1.09. The van der Waals surface area contributed by atoms with E-state index < -0.39 is 16.0 Å². The lowest BCUT2D eigenvalue weighted by Gasteiger charge is -2.05. The smallest absolute Gasteiger partial charge is 0.354 e. The zero-order chi connectivity index (χ0) is 13.2. The molecule has 0 aromatic carbocycles. The summed E-state index contributed by atoms with van der Waals surface area (Å²) in [5, 5.41) is 10.3. The number of hydrogen-bond acceptors (Lipinski definition) is 5. The van der Waals surface area contributed by atoms with Crippen LogP contribution in [0.4, 0.5) is 5.69 Å². The van der Waals surface area contributed by atoms with E-state index in [9.17, 15) is 13.2 Å². The summed E-state index contributed by atoms with van der Waals surface area (Å²) in [6, 6.07) is 5.69. The van der Waals surface area contributed by atoms with Gasteiger partial charge in [0.2, 0.25) is 0 Å². The van der Waals surface area contributed by atoms with Crippen molar-refractivity contribution < 1.29 is 18.3 Å². The van der Waals surface area contributed by atoms with Gasteiger partial charge in [-0.2, -0.15) is 0 Å². The summed E-state index contributed by atoms with van der Waals surface area (Å²) in [5.41, 5.74) is 0.0717. The SMILES string of the molecule is O=C(O)c1ccc(NS(=O)(=O)c2cccs2)cn1. The fourth-order valence-electron chi connectivity index (χ4n) is 1.20. The van der Waals surface area contributed by atoms with Gasteiger partial charge in [0.05, 0.1) is 11.9 Å². The fourth-order valence-corrected chi connectivity index (χ4v) is 3.24. The Bertz CT molecular complexity index is 648. The van der Waals surface area contributed by atoms with Crippen molar-refractivity contribution in [3.05, 3.63) is 41.5 Å². The minimum Gasteiger partial charge on any atom is -0.477 e. The van der Waals surface area contributed by atoms with Crippen molar-refractivity contribution in [1.29, 1.82) is 0 Å².